The fraction of sp³-hybridized carbons (Fsp3) is 0.400. The van der Waals surface area contributed by atoms with Crippen molar-refractivity contribution in [3.05, 3.63) is 35.5 Å². The van der Waals surface area contributed by atoms with E-state index in [0.29, 0.717) is 5.69 Å². The van der Waals surface area contributed by atoms with E-state index in [9.17, 15) is 12.8 Å². The third-order valence-corrected chi connectivity index (χ3v) is 5.50. The van der Waals surface area contributed by atoms with Crippen molar-refractivity contribution in [3.63, 3.8) is 0 Å². The zero-order valence-corrected chi connectivity index (χ0v) is 13.8. The van der Waals surface area contributed by atoms with Crippen molar-refractivity contribution in [3.8, 4) is 0 Å². The van der Waals surface area contributed by atoms with E-state index in [1.807, 2.05) is 4.90 Å². The lowest BCUT2D eigenvalue weighted by atomic mass is 10.2. The molecule has 1 saturated heterocycles. The Labute approximate surface area is 134 Å². The molecule has 1 aliphatic heterocycles. The lowest BCUT2D eigenvalue weighted by Crippen LogP contribution is -2.22. The summed E-state index contributed by atoms with van der Waals surface area (Å²) in [6, 6.07) is 4.14. The molecule has 0 spiro atoms. The maximum absolute atomic E-state index is 13.6. The molecule has 0 radical (unpaired) electrons. The molecule has 0 atom stereocenters. The lowest BCUT2D eigenvalue weighted by Gasteiger charge is -2.22. The molecule has 1 aromatic heterocycles. The van der Waals surface area contributed by atoms with Gasteiger partial charge in [-0.15, -0.1) is 0 Å². The number of sulfonamides is 1. The zero-order valence-electron chi connectivity index (χ0n) is 13.0. The molecule has 0 amide bonds. The summed E-state index contributed by atoms with van der Waals surface area (Å²) in [5.41, 5.74) is 1.18. The highest BCUT2D eigenvalue weighted by atomic mass is 32.2. The van der Waals surface area contributed by atoms with Crippen LogP contribution in [0, 0.1) is 19.7 Å². The molecule has 1 aromatic carbocycles. The summed E-state index contributed by atoms with van der Waals surface area (Å²) < 4.78 is 46.3. The molecule has 0 aliphatic carbocycles. The third kappa shape index (κ3) is 3.03. The minimum atomic E-state index is -3.90. The van der Waals surface area contributed by atoms with E-state index in [1.165, 1.54) is 19.1 Å². The van der Waals surface area contributed by atoms with Crippen molar-refractivity contribution in [2.75, 3.05) is 22.7 Å². The molecule has 2 heterocycles. The van der Waals surface area contributed by atoms with Crippen molar-refractivity contribution in [1.82, 2.24) is 5.16 Å². The minimum Gasteiger partial charge on any atom is -0.370 e. The van der Waals surface area contributed by atoms with Crippen LogP contribution in [0.3, 0.4) is 0 Å². The summed E-state index contributed by atoms with van der Waals surface area (Å²) in [5, 5.41) is 3.66. The van der Waals surface area contributed by atoms with Gasteiger partial charge in [-0.2, -0.15) is 0 Å². The van der Waals surface area contributed by atoms with Gasteiger partial charge in [0.05, 0.1) is 11.4 Å². The van der Waals surface area contributed by atoms with Crippen LogP contribution in [0.15, 0.2) is 27.6 Å². The molecule has 2 aromatic rings. The number of halogens is 1. The van der Waals surface area contributed by atoms with Crippen LogP contribution >= 0.6 is 0 Å². The summed E-state index contributed by atoms with van der Waals surface area (Å²) in [6.45, 7) is 4.73. The molecule has 124 valence electrons. The number of benzene rings is 1. The number of nitrogens with one attached hydrogen (secondary N) is 1. The molecular formula is C15H18FN3O3S. The number of nitrogens with zero attached hydrogens (tertiary/aromatic N) is 2. The average Bonchev–Trinajstić information content (AvgIpc) is 3.09. The summed E-state index contributed by atoms with van der Waals surface area (Å²) in [5.74, 6) is -0.293. The van der Waals surface area contributed by atoms with Crippen LogP contribution in [-0.4, -0.2) is 26.7 Å². The topological polar surface area (TPSA) is 75.4 Å². The van der Waals surface area contributed by atoms with Crippen LogP contribution < -0.4 is 9.62 Å². The Morgan fingerprint density at radius 2 is 1.96 bits per heavy atom. The summed E-state index contributed by atoms with van der Waals surface area (Å²) in [6.07, 6.45) is 2.07. The van der Waals surface area contributed by atoms with Gasteiger partial charge in [0, 0.05) is 19.2 Å². The van der Waals surface area contributed by atoms with E-state index in [0.717, 1.165) is 25.9 Å². The Bertz CT molecular complexity index is 807. The van der Waals surface area contributed by atoms with Crippen LogP contribution in [0.5, 0.6) is 0 Å². The van der Waals surface area contributed by atoms with Gasteiger partial charge in [-0.3, -0.25) is 4.72 Å². The Morgan fingerprint density at radius 3 is 2.57 bits per heavy atom. The van der Waals surface area contributed by atoms with Gasteiger partial charge in [-0.25, -0.2) is 12.8 Å². The summed E-state index contributed by atoms with van der Waals surface area (Å²) >= 11 is 0. The van der Waals surface area contributed by atoms with E-state index in [-0.39, 0.29) is 22.0 Å². The third-order valence-electron chi connectivity index (χ3n) is 3.89. The first-order chi connectivity index (χ1) is 10.9. The largest absolute Gasteiger partial charge is 0.370 e. The van der Waals surface area contributed by atoms with E-state index in [1.54, 1.807) is 13.0 Å². The Morgan fingerprint density at radius 1 is 1.26 bits per heavy atom. The standard InChI is InChI=1S/C15H18FN3O3S/c1-10-15(11(2)22-17-10)23(20,21)18-13-9-12(16)5-6-14(13)19-7-3-4-8-19/h5-6,9,18H,3-4,7-8H2,1-2H3. The number of aryl methyl sites for hydroxylation is 2. The fourth-order valence-electron chi connectivity index (χ4n) is 2.88. The van der Waals surface area contributed by atoms with Crippen molar-refractivity contribution >= 4 is 21.4 Å². The lowest BCUT2D eigenvalue weighted by molar-refractivity contribution is 0.390. The minimum absolute atomic E-state index is 0.00543. The maximum Gasteiger partial charge on any atom is 0.267 e. The van der Waals surface area contributed by atoms with Crippen LogP contribution in [0.25, 0.3) is 0 Å². The van der Waals surface area contributed by atoms with Crippen molar-refractivity contribution < 1.29 is 17.3 Å². The average molecular weight is 339 g/mol. The van der Waals surface area contributed by atoms with Gasteiger partial charge in [0.25, 0.3) is 10.0 Å². The summed E-state index contributed by atoms with van der Waals surface area (Å²) in [4.78, 5) is 2.04. The van der Waals surface area contributed by atoms with E-state index < -0.39 is 15.8 Å². The van der Waals surface area contributed by atoms with Gasteiger partial charge in [-0.1, -0.05) is 5.16 Å². The van der Waals surface area contributed by atoms with Crippen molar-refractivity contribution in [1.29, 1.82) is 0 Å². The van der Waals surface area contributed by atoms with Gasteiger partial charge in [0.1, 0.15) is 11.5 Å². The molecule has 23 heavy (non-hydrogen) atoms. The second-order valence-corrected chi connectivity index (χ2v) is 7.23. The van der Waals surface area contributed by atoms with Gasteiger partial charge in [0.15, 0.2) is 10.7 Å². The highest BCUT2D eigenvalue weighted by Gasteiger charge is 2.26. The normalized spacial score (nSPS) is 15.2. The number of hydrogen-bond acceptors (Lipinski definition) is 5. The second-order valence-electron chi connectivity index (χ2n) is 5.61. The molecule has 6 nitrogen and oxygen atoms in total. The first-order valence-corrected chi connectivity index (χ1v) is 8.87. The fourth-order valence-corrected chi connectivity index (χ4v) is 4.27. The monoisotopic (exact) mass is 339 g/mol. The molecular weight excluding hydrogens is 321 g/mol. The van der Waals surface area contributed by atoms with E-state index >= 15 is 0 Å². The molecule has 8 heteroatoms. The second kappa shape index (κ2) is 5.84. The van der Waals surface area contributed by atoms with Crippen LogP contribution in [0.2, 0.25) is 0 Å². The number of rotatable bonds is 4. The number of aromatic nitrogens is 1. The summed E-state index contributed by atoms with van der Waals surface area (Å²) in [7, 11) is -3.90. The molecule has 1 aliphatic rings. The van der Waals surface area contributed by atoms with Crippen molar-refractivity contribution in [2.45, 2.75) is 31.6 Å². The Hall–Kier alpha value is -2.09. The van der Waals surface area contributed by atoms with Gasteiger partial charge >= 0.3 is 0 Å². The number of anilines is 2. The van der Waals surface area contributed by atoms with Gasteiger partial charge < -0.3 is 9.42 Å². The van der Waals surface area contributed by atoms with E-state index in [4.69, 9.17) is 4.52 Å². The predicted octanol–water partition coefficient (Wildman–Crippen LogP) is 2.83. The molecule has 1 fully saturated rings. The predicted molar refractivity (Wildman–Crippen MR) is 84.6 cm³/mol. The van der Waals surface area contributed by atoms with Crippen molar-refractivity contribution in [2.24, 2.45) is 0 Å². The molecule has 3 rings (SSSR count). The molecule has 0 unspecified atom stereocenters. The van der Waals surface area contributed by atoms with Gasteiger partial charge in [0.2, 0.25) is 0 Å². The highest BCUT2D eigenvalue weighted by Crippen LogP contribution is 2.32. The maximum atomic E-state index is 13.6. The Kier molecular flexibility index (Phi) is 4.01. The highest BCUT2D eigenvalue weighted by molar-refractivity contribution is 7.92. The van der Waals surface area contributed by atoms with Crippen LogP contribution in [0.1, 0.15) is 24.3 Å². The smallest absolute Gasteiger partial charge is 0.267 e. The first-order valence-electron chi connectivity index (χ1n) is 7.38. The zero-order chi connectivity index (χ0) is 16.6. The molecule has 0 bridgehead atoms. The van der Waals surface area contributed by atoms with Crippen LogP contribution in [-0.2, 0) is 10.0 Å². The van der Waals surface area contributed by atoms with E-state index in [2.05, 4.69) is 9.88 Å². The van der Waals surface area contributed by atoms with Crippen LogP contribution in [0.4, 0.5) is 15.8 Å². The first kappa shape index (κ1) is 15.8. The SMILES string of the molecule is Cc1noc(C)c1S(=O)(=O)Nc1cc(F)ccc1N1CCCC1. The quantitative estimate of drug-likeness (QED) is 0.927. The molecule has 0 saturated carbocycles. The van der Waals surface area contributed by atoms with Gasteiger partial charge in [-0.05, 0) is 38.8 Å². The number of hydrogen-bond donors (Lipinski definition) is 1. The Balaban J connectivity index is 2.00. The molecule has 1 N–H and O–H groups in total.